The summed E-state index contributed by atoms with van der Waals surface area (Å²) in [6, 6.07) is 6.15. The molecule has 0 atom stereocenters. The van der Waals surface area contributed by atoms with Crippen molar-refractivity contribution in [2.45, 2.75) is 19.8 Å². The predicted octanol–water partition coefficient (Wildman–Crippen LogP) is 1.84. The van der Waals surface area contributed by atoms with Gasteiger partial charge in [0.2, 0.25) is 5.95 Å². The number of nitrogens with two attached hydrogens (primary N) is 1. The maximum Gasteiger partial charge on any atom is 0.321 e. The lowest BCUT2D eigenvalue weighted by atomic mass is 10.1. The maximum absolute atomic E-state index is 5.71. The Kier molecular flexibility index (Phi) is 3.37. The number of hydrogen-bond donors (Lipinski definition) is 1. The van der Waals surface area contributed by atoms with E-state index in [-0.39, 0.29) is 12.0 Å². The van der Waals surface area contributed by atoms with Crippen molar-refractivity contribution in [1.82, 2.24) is 15.0 Å². The van der Waals surface area contributed by atoms with Crippen LogP contribution >= 0.6 is 0 Å². The van der Waals surface area contributed by atoms with Crippen molar-refractivity contribution in [3.8, 4) is 23.1 Å². The molecule has 6 heteroatoms. The van der Waals surface area contributed by atoms with Gasteiger partial charge in [-0.1, -0.05) is 6.92 Å². The molecule has 1 aliphatic rings. The smallest absolute Gasteiger partial charge is 0.321 e. The van der Waals surface area contributed by atoms with Crippen molar-refractivity contribution in [1.29, 1.82) is 0 Å². The fraction of sp³-hybridized carbons (Fsp3) is 0.357. The molecule has 0 fully saturated rings. The first kappa shape index (κ1) is 12.7. The number of rotatable bonds is 4. The highest BCUT2D eigenvalue weighted by atomic mass is 16.5. The first-order valence-electron chi connectivity index (χ1n) is 6.66. The molecule has 0 saturated carbocycles. The zero-order chi connectivity index (χ0) is 13.9. The molecule has 0 saturated heterocycles. The average molecular weight is 272 g/mol. The first-order chi connectivity index (χ1) is 9.76. The van der Waals surface area contributed by atoms with E-state index >= 15 is 0 Å². The summed E-state index contributed by atoms with van der Waals surface area (Å²) < 4.78 is 10.9. The molecule has 20 heavy (non-hydrogen) atoms. The quantitative estimate of drug-likeness (QED) is 0.914. The second kappa shape index (κ2) is 5.32. The SMILES string of the molecule is CCCOc1nc(N)nc(-c2ccc3c(c2)CCO3)n1. The van der Waals surface area contributed by atoms with E-state index in [4.69, 9.17) is 15.2 Å². The van der Waals surface area contributed by atoms with Crippen molar-refractivity contribution in [3.63, 3.8) is 0 Å². The molecule has 3 rings (SSSR count). The minimum Gasteiger partial charge on any atom is -0.493 e. The number of hydrogen-bond acceptors (Lipinski definition) is 6. The Morgan fingerprint density at radius 1 is 1.30 bits per heavy atom. The molecular formula is C14H16N4O2. The summed E-state index contributed by atoms with van der Waals surface area (Å²) >= 11 is 0. The number of ether oxygens (including phenoxy) is 2. The van der Waals surface area contributed by atoms with Crippen molar-refractivity contribution in [2.75, 3.05) is 18.9 Å². The lowest BCUT2D eigenvalue weighted by Gasteiger charge is -2.07. The van der Waals surface area contributed by atoms with Gasteiger partial charge in [-0.3, -0.25) is 0 Å². The van der Waals surface area contributed by atoms with Crippen LogP contribution < -0.4 is 15.2 Å². The lowest BCUT2D eigenvalue weighted by molar-refractivity contribution is 0.292. The van der Waals surface area contributed by atoms with Gasteiger partial charge in [0, 0.05) is 12.0 Å². The molecule has 0 radical (unpaired) electrons. The van der Waals surface area contributed by atoms with Crippen molar-refractivity contribution in [3.05, 3.63) is 23.8 Å². The topological polar surface area (TPSA) is 83.2 Å². The van der Waals surface area contributed by atoms with Crippen LogP contribution in [0.1, 0.15) is 18.9 Å². The van der Waals surface area contributed by atoms with E-state index in [1.54, 1.807) is 0 Å². The van der Waals surface area contributed by atoms with E-state index in [9.17, 15) is 0 Å². The lowest BCUT2D eigenvalue weighted by Crippen LogP contribution is -2.05. The second-order valence-electron chi connectivity index (χ2n) is 4.57. The number of aromatic nitrogens is 3. The summed E-state index contributed by atoms with van der Waals surface area (Å²) in [6.45, 7) is 3.30. The largest absolute Gasteiger partial charge is 0.493 e. The van der Waals surface area contributed by atoms with Crippen molar-refractivity contribution >= 4 is 5.95 Å². The Balaban J connectivity index is 1.94. The summed E-state index contributed by atoms with van der Waals surface area (Å²) in [5.41, 5.74) is 7.77. The Labute approximate surface area is 117 Å². The molecule has 2 aromatic rings. The molecule has 0 amide bonds. The second-order valence-corrected chi connectivity index (χ2v) is 4.57. The minimum absolute atomic E-state index is 0.165. The third kappa shape index (κ3) is 2.49. The van der Waals surface area contributed by atoms with Crippen LogP contribution in [-0.2, 0) is 6.42 Å². The van der Waals surface area contributed by atoms with Crippen LogP contribution in [0, 0.1) is 0 Å². The fourth-order valence-corrected chi connectivity index (χ4v) is 2.08. The summed E-state index contributed by atoms with van der Waals surface area (Å²) in [5, 5.41) is 0. The van der Waals surface area contributed by atoms with E-state index in [1.807, 2.05) is 25.1 Å². The summed E-state index contributed by atoms with van der Waals surface area (Å²) in [4.78, 5) is 12.5. The van der Waals surface area contributed by atoms with Gasteiger partial charge < -0.3 is 15.2 Å². The van der Waals surface area contributed by atoms with Gasteiger partial charge in [-0.25, -0.2) is 0 Å². The minimum atomic E-state index is 0.165. The van der Waals surface area contributed by atoms with E-state index in [0.717, 1.165) is 36.3 Å². The Hall–Kier alpha value is -2.37. The van der Waals surface area contributed by atoms with Crippen LogP contribution in [0.3, 0.4) is 0 Å². The molecule has 0 spiro atoms. The highest BCUT2D eigenvalue weighted by Gasteiger charge is 2.15. The normalized spacial score (nSPS) is 12.8. The molecule has 1 aliphatic heterocycles. The Bertz CT molecular complexity index is 631. The van der Waals surface area contributed by atoms with Gasteiger partial charge >= 0.3 is 6.01 Å². The van der Waals surface area contributed by atoms with E-state index in [0.29, 0.717) is 12.4 Å². The van der Waals surface area contributed by atoms with Gasteiger partial charge in [0.05, 0.1) is 13.2 Å². The number of anilines is 1. The zero-order valence-corrected chi connectivity index (χ0v) is 11.3. The first-order valence-corrected chi connectivity index (χ1v) is 6.66. The molecule has 1 aromatic heterocycles. The average Bonchev–Trinajstić information content (AvgIpc) is 2.92. The van der Waals surface area contributed by atoms with Gasteiger partial charge in [-0.2, -0.15) is 15.0 Å². The molecule has 104 valence electrons. The Morgan fingerprint density at radius 3 is 3.05 bits per heavy atom. The van der Waals surface area contributed by atoms with Gasteiger partial charge in [-0.15, -0.1) is 0 Å². The molecule has 1 aromatic carbocycles. The van der Waals surface area contributed by atoms with E-state index in [2.05, 4.69) is 15.0 Å². The van der Waals surface area contributed by atoms with Crippen molar-refractivity contribution in [2.24, 2.45) is 0 Å². The zero-order valence-electron chi connectivity index (χ0n) is 11.3. The third-order valence-electron chi connectivity index (χ3n) is 3.02. The molecular weight excluding hydrogens is 256 g/mol. The fourth-order valence-electron chi connectivity index (χ4n) is 2.08. The Morgan fingerprint density at radius 2 is 2.20 bits per heavy atom. The van der Waals surface area contributed by atoms with Crippen LogP contribution in [-0.4, -0.2) is 28.2 Å². The van der Waals surface area contributed by atoms with Gasteiger partial charge in [0.15, 0.2) is 5.82 Å². The van der Waals surface area contributed by atoms with Gasteiger partial charge in [0.1, 0.15) is 5.75 Å². The van der Waals surface area contributed by atoms with Crippen molar-refractivity contribution < 1.29 is 9.47 Å². The summed E-state index contributed by atoms with van der Waals surface area (Å²) in [5.74, 6) is 1.62. The number of nitrogen functional groups attached to an aromatic ring is 1. The van der Waals surface area contributed by atoms with E-state index < -0.39 is 0 Å². The van der Waals surface area contributed by atoms with Crippen LogP contribution in [0.2, 0.25) is 0 Å². The predicted molar refractivity (Wildman–Crippen MR) is 74.7 cm³/mol. The maximum atomic E-state index is 5.71. The van der Waals surface area contributed by atoms with Crippen LogP contribution in [0.25, 0.3) is 11.4 Å². The number of fused-ring (bicyclic) bond motifs is 1. The molecule has 0 unspecified atom stereocenters. The standard InChI is InChI=1S/C14H16N4O2/c1-2-6-20-14-17-12(16-13(15)18-14)10-3-4-11-9(8-10)5-7-19-11/h3-4,8H,2,5-7H2,1H3,(H2,15,16,17,18). The third-order valence-corrected chi connectivity index (χ3v) is 3.02. The number of benzene rings is 1. The summed E-state index contributed by atoms with van der Waals surface area (Å²) in [6.07, 6.45) is 1.79. The van der Waals surface area contributed by atoms with Crippen LogP contribution in [0.15, 0.2) is 18.2 Å². The number of nitrogens with zero attached hydrogens (tertiary/aromatic N) is 3. The molecule has 2 N–H and O–H groups in total. The molecule has 0 bridgehead atoms. The van der Waals surface area contributed by atoms with Gasteiger partial charge in [-0.05, 0) is 30.2 Å². The molecule has 6 nitrogen and oxygen atoms in total. The van der Waals surface area contributed by atoms with E-state index in [1.165, 1.54) is 0 Å². The monoisotopic (exact) mass is 272 g/mol. The summed E-state index contributed by atoms with van der Waals surface area (Å²) in [7, 11) is 0. The molecule has 2 heterocycles. The highest BCUT2D eigenvalue weighted by Crippen LogP contribution is 2.29. The van der Waals surface area contributed by atoms with Crippen LogP contribution in [0.5, 0.6) is 11.8 Å². The van der Waals surface area contributed by atoms with Crippen LogP contribution in [0.4, 0.5) is 5.95 Å². The molecule has 0 aliphatic carbocycles. The van der Waals surface area contributed by atoms with Gasteiger partial charge in [0.25, 0.3) is 0 Å². The highest BCUT2D eigenvalue weighted by molar-refractivity contribution is 5.60.